The van der Waals surface area contributed by atoms with Crippen molar-refractivity contribution in [3.63, 3.8) is 0 Å². The summed E-state index contributed by atoms with van der Waals surface area (Å²) in [6.07, 6.45) is 5.26. The van der Waals surface area contributed by atoms with Crippen molar-refractivity contribution in [2.24, 2.45) is 0 Å². The van der Waals surface area contributed by atoms with Crippen LogP contribution in [0.2, 0.25) is 0 Å². The predicted octanol–water partition coefficient (Wildman–Crippen LogP) is 3.01. The number of nitrogens with one attached hydrogen (secondary N) is 1. The van der Waals surface area contributed by atoms with Crippen LogP contribution in [0.4, 0.5) is 0 Å². The Bertz CT molecular complexity index is 335. The van der Waals surface area contributed by atoms with E-state index in [2.05, 4.69) is 24.9 Å². The Labute approximate surface area is 104 Å². The van der Waals surface area contributed by atoms with Crippen LogP contribution in [-0.4, -0.2) is 11.1 Å². The molecule has 0 saturated heterocycles. The van der Waals surface area contributed by atoms with Crippen molar-refractivity contribution in [3.05, 3.63) is 48.0 Å². The lowest BCUT2D eigenvalue weighted by Gasteiger charge is -2.17. The molecule has 94 valence electrons. The van der Waals surface area contributed by atoms with E-state index in [1.54, 1.807) is 0 Å². The van der Waals surface area contributed by atoms with Gasteiger partial charge in [-0.3, -0.25) is 0 Å². The van der Waals surface area contributed by atoms with Gasteiger partial charge in [-0.05, 0) is 30.4 Å². The maximum Gasteiger partial charge on any atom is 0.0685 e. The lowest BCUT2D eigenvalue weighted by Crippen LogP contribution is -2.28. The molecule has 1 atom stereocenters. The first-order chi connectivity index (χ1) is 8.31. The summed E-state index contributed by atoms with van der Waals surface area (Å²) in [6, 6.07) is 8.55. The molecule has 0 aliphatic heterocycles. The quantitative estimate of drug-likeness (QED) is 0.676. The molecule has 1 aromatic carbocycles. The predicted molar refractivity (Wildman–Crippen MR) is 72.7 cm³/mol. The van der Waals surface area contributed by atoms with Crippen molar-refractivity contribution in [2.75, 3.05) is 0 Å². The van der Waals surface area contributed by atoms with Crippen LogP contribution in [-0.2, 0) is 13.2 Å². The van der Waals surface area contributed by atoms with Crippen molar-refractivity contribution >= 4 is 0 Å². The number of hydrogen-bond acceptors (Lipinski definition) is 2. The van der Waals surface area contributed by atoms with Gasteiger partial charge in [-0.25, -0.2) is 0 Å². The fourth-order valence-corrected chi connectivity index (χ4v) is 1.91. The van der Waals surface area contributed by atoms with E-state index < -0.39 is 0 Å². The summed E-state index contributed by atoms with van der Waals surface area (Å²) < 4.78 is 0. The van der Waals surface area contributed by atoms with E-state index in [0.717, 1.165) is 31.4 Å². The van der Waals surface area contributed by atoms with Crippen LogP contribution in [0.5, 0.6) is 0 Å². The summed E-state index contributed by atoms with van der Waals surface area (Å²) in [5.41, 5.74) is 2.20. The molecule has 0 heterocycles. The van der Waals surface area contributed by atoms with E-state index in [9.17, 15) is 5.11 Å². The first kappa shape index (κ1) is 13.9. The zero-order valence-electron chi connectivity index (χ0n) is 10.7. The summed E-state index contributed by atoms with van der Waals surface area (Å²) in [6.45, 7) is 6.88. The number of benzene rings is 1. The fraction of sp³-hybridized carbons (Fsp3) is 0.467. The number of aliphatic hydroxyl groups is 1. The fourth-order valence-electron chi connectivity index (χ4n) is 1.91. The lowest BCUT2D eigenvalue weighted by atomic mass is 10.1. The summed E-state index contributed by atoms with van der Waals surface area (Å²) in [4.78, 5) is 0. The molecule has 0 aromatic heterocycles. The molecule has 2 N–H and O–H groups in total. The minimum absolute atomic E-state index is 0.112. The molecule has 0 aliphatic rings. The van der Waals surface area contributed by atoms with Crippen LogP contribution in [0.3, 0.4) is 0 Å². The standard InChI is InChI=1S/C15H23NO/c1-3-5-10-15(4-2)16-11-13-8-6-7-9-14(13)12-17/h3,6-9,15-17H,1,4-5,10-12H2,2H3. The van der Waals surface area contributed by atoms with Crippen LogP contribution in [0.25, 0.3) is 0 Å². The summed E-state index contributed by atoms with van der Waals surface area (Å²) in [5.74, 6) is 0. The van der Waals surface area contributed by atoms with Crippen LogP contribution in [0, 0.1) is 0 Å². The molecule has 0 radical (unpaired) electrons. The maximum atomic E-state index is 9.24. The molecule has 0 aliphatic carbocycles. The molecule has 2 heteroatoms. The zero-order chi connectivity index (χ0) is 12.5. The SMILES string of the molecule is C=CCCC(CC)NCc1ccccc1CO. The van der Waals surface area contributed by atoms with Gasteiger partial charge in [-0.2, -0.15) is 0 Å². The third-order valence-electron chi connectivity index (χ3n) is 3.08. The van der Waals surface area contributed by atoms with Gasteiger partial charge in [0.1, 0.15) is 0 Å². The Balaban J connectivity index is 2.50. The summed E-state index contributed by atoms with van der Waals surface area (Å²) >= 11 is 0. The minimum Gasteiger partial charge on any atom is -0.392 e. The molecule has 0 saturated carbocycles. The smallest absolute Gasteiger partial charge is 0.0685 e. The van der Waals surface area contributed by atoms with Gasteiger partial charge in [0.2, 0.25) is 0 Å². The average Bonchev–Trinajstić information content (AvgIpc) is 2.39. The molecular weight excluding hydrogens is 210 g/mol. The molecule has 1 rings (SSSR count). The Hall–Kier alpha value is -1.12. The molecule has 17 heavy (non-hydrogen) atoms. The third-order valence-corrected chi connectivity index (χ3v) is 3.08. The van der Waals surface area contributed by atoms with Gasteiger partial charge in [0.25, 0.3) is 0 Å². The Morgan fingerprint density at radius 3 is 2.65 bits per heavy atom. The molecule has 1 aromatic rings. The number of rotatable bonds is 8. The number of aliphatic hydroxyl groups excluding tert-OH is 1. The van der Waals surface area contributed by atoms with Gasteiger partial charge in [0.15, 0.2) is 0 Å². The van der Waals surface area contributed by atoms with E-state index in [0.29, 0.717) is 6.04 Å². The minimum atomic E-state index is 0.112. The van der Waals surface area contributed by atoms with Crippen LogP contribution in [0.15, 0.2) is 36.9 Å². The van der Waals surface area contributed by atoms with Crippen molar-refractivity contribution < 1.29 is 5.11 Å². The highest BCUT2D eigenvalue weighted by Gasteiger charge is 2.06. The molecule has 0 bridgehead atoms. The molecule has 2 nitrogen and oxygen atoms in total. The second kappa shape index (κ2) is 8.04. The molecule has 1 unspecified atom stereocenters. The Morgan fingerprint density at radius 2 is 2.06 bits per heavy atom. The molecular formula is C15H23NO. The van der Waals surface area contributed by atoms with Crippen LogP contribution >= 0.6 is 0 Å². The second-order valence-electron chi connectivity index (χ2n) is 4.28. The van der Waals surface area contributed by atoms with Gasteiger partial charge in [-0.1, -0.05) is 37.3 Å². The topological polar surface area (TPSA) is 32.3 Å². The van der Waals surface area contributed by atoms with Gasteiger partial charge >= 0.3 is 0 Å². The Morgan fingerprint density at radius 1 is 1.35 bits per heavy atom. The monoisotopic (exact) mass is 233 g/mol. The van der Waals surface area contributed by atoms with E-state index in [1.165, 1.54) is 5.56 Å². The van der Waals surface area contributed by atoms with Crippen molar-refractivity contribution in [1.82, 2.24) is 5.32 Å². The molecule has 0 spiro atoms. The normalized spacial score (nSPS) is 12.4. The van der Waals surface area contributed by atoms with E-state index in [1.807, 2.05) is 24.3 Å². The zero-order valence-corrected chi connectivity index (χ0v) is 10.7. The van der Waals surface area contributed by atoms with Crippen LogP contribution < -0.4 is 5.32 Å². The molecule has 0 fully saturated rings. The first-order valence-electron chi connectivity index (χ1n) is 6.33. The third kappa shape index (κ3) is 4.72. The second-order valence-corrected chi connectivity index (χ2v) is 4.28. The van der Waals surface area contributed by atoms with Crippen molar-refractivity contribution in [3.8, 4) is 0 Å². The average molecular weight is 233 g/mol. The van der Waals surface area contributed by atoms with Crippen molar-refractivity contribution in [2.45, 2.75) is 45.4 Å². The first-order valence-corrected chi connectivity index (χ1v) is 6.33. The lowest BCUT2D eigenvalue weighted by molar-refractivity contribution is 0.280. The molecule has 0 amide bonds. The van der Waals surface area contributed by atoms with Gasteiger partial charge in [-0.15, -0.1) is 6.58 Å². The highest BCUT2D eigenvalue weighted by molar-refractivity contribution is 5.26. The number of allylic oxidation sites excluding steroid dienone is 1. The number of hydrogen-bond donors (Lipinski definition) is 2. The van der Waals surface area contributed by atoms with Crippen LogP contribution in [0.1, 0.15) is 37.3 Å². The van der Waals surface area contributed by atoms with Gasteiger partial charge in [0.05, 0.1) is 6.61 Å². The van der Waals surface area contributed by atoms with E-state index in [4.69, 9.17) is 0 Å². The van der Waals surface area contributed by atoms with Crippen molar-refractivity contribution in [1.29, 1.82) is 0 Å². The largest absolute Gasteiger partial charge is 0.392 e. The van der Waals surface area contributed by atoms with Gasteiger partial charge in [0, 0.05) is 12.6 Å². The van der Waals surface area contributed by atoms with E-state index >= 15 is 0 Å². The van der Waals surface area contributed by atoms with E-state index in [-0.39, 0.29) is 6.61 Å². The highest BCUT2D eigenvalue weighted by atomic mass is 16.3. The summed E-state index contributed by atoms with van der Waals surface area (Å²) in [5, 5.41) is 12.8. The maximum absolute atomic E-state index is 9.24. The summed E-state index contributed by atoms with van der Waals surface area (Å²) in [7, 11) is 0. The Kier molecular flexibility index (Phi) is 6.60. The highest BCUT2D eigenvalue weighted by Crippen LogP contribution is 2.10. The van der Waals surface area contributed by atoms with Gasteiger partial charge < -0.3 is 10.4 Å².